The molecule has 0 aromatic heterocycles. The van der Waals surface area contributed by atoms with Crippen LogP contribution in [-0.2, 0) is 4.79 Å². The first-order valence-electron chi connectivity index (χ1n) is 7.29. The van der Waals surface area contributed by atoms with Crippen molar-refractivity contribution in [2.75, 3.05) is 20.1 Å². The molecule has 2 aliphatic rings. The van der Waals surface area contributed by atoms with Crippen LogP contribution in [0.3, 0.4) is 0 Å². The Hall–Kier alpha value is -0.610. The smallest absolute Gasteiger partial charge is 0.220 e. The fourth-order valence-electron chi connectivity index (χ4n) is 3.04. The quantitative estimate of drug-likeness (QED) is 0.794. The highest BCUT2D eigenvalue weighted by Crippen LogP contribution is 2.21. The van der Waals surface area contributed by atoms with Gasteiger partial charge >= 0.3 is 0 Å². The number of carbonyl (C=O) groups excluding carboxylic acids is 1. The first kappa shape index (κ1) is 13.8. The van der Waals surface area contributed by atoms with E-state index in [2.05, 4.69) is 17.3 Å². The Morgan fingerprint density at radius 1 is 1.17 bits per heavy atom. The zero-order valence-corrected chi connectivity index (χ0v) is 11.4. The minimum Gasteiger partial charge on any atom is -0.393 e. The Balaban J connectivity index is 1.66. The number of nitrogens with zero attached hydrogens (tertiary/aromatic N) is 1. The number of carbonyl (C=O) groups is 1. The molecule has 1 saturated carbocycles. The second-order valence-corrected chi connectivity index (χ2v) is 6.02. The van der Waals surface area contributed by atoms with Crippen LogP contribution in [0.5, 0.6) is 0 Å². The van der Waals surface area contributed by atoms with Gasteiger partial charge in [-0.25, -0.2) is 0 Å². The average molecular weight is 254 g/mol. The molecular formula is C14H26N2O2. The molecule has 2 rings (SSSR count). The molecule has 104 valence electrons. The molecular weight excluding hydrogens is 228 g/mol. The number of amides is 1. The summed E-state index contributed by atoms with van der Waals surface area (Å²) in [6.07, 6.45) is 6.36. The van der Waals surface area contributed by atoms with Crippen molar-refractivity contribution in [2.45, 2.75) is 57.1 Å². The highest BCUT2D eigenvalue weighted by atomic mass is 16.3. The summed E-state index contributed by atoms with van der Waals surface area (Å²) < 4.78 is 0. The van der Waals surface area contributed by atoms with E-state index >= 15 is 0 Å². The molecule has 1 aliphatic carbocycles. The number of hydrogen-bond acceptors (Lipinski definition) is 3. The average Bonchev–Trinajstić information content (AvgIpc) is 2.35. The van der Waals surface area contributed by atoms with Crippen molar-refractivity contribution in [1.82, 2.24) is 10.2 Å². The molecule has 1 heterocycles. The van der Waals surface area contributed by atoms with Crippen molar-refractivity contribution in [3.63, 3.8) is 0 Å². The second-order valence-electron chi connectivity index (χ2n) is 6.02. The number of nitrogens with one attached hydrogen (secondary N) is 1. The van der Waals surface area contributed by atoms with Crippen LogP contribution in [0.1, 0.15) is 44.9 Å². The molecule has 18 heavy (non-hydrogen) atoms. The van der Waals surface area contributed by atoms with Crippen LogP contribution in [0, 0.1) is 5.92 Å². The van der Waals surface area contributed by atoms with Crippen LogP contribution >= 0.6 is 0 Å². The zero-order valence-electron chi connectivity index (χ0n) is 11.4. The van der Waals surface area contributed by atoms with Crippen LogP contribution in [-0.4, -0.2) is 48.2 Å². The van der Waals surface area contributed by atoms with E-state index in [0.717, 1.165) is 51.6 Å². The van der Waals surface area contributed by atoms with Gasteiger partial charge in [0.25, 0.3) is 0 Å². The van der Waals surface area contributed by atoms with Gasteiger partial charge in [-0.3, -0.25) is 4.79 Å². The zero-order chi connectivity index (χ0) is 13.0. The molecule has 0 aromatic rings. The Kier molecular flexibility index (Phi) is 5.01. The van der Waals surface area contributed by atoms with Crippen molar-refractivity contribution < 1.29 is 9.90 Å². The first-order chi connectivity index (χ1) is 8.63. The van der Waals surface area contributed by atoms with Crippen molar-refractivity contribution in [2.24, 2.45) is 5.92 Å². The summed E-state index contributed by atoms with van der Waals surface area (Å²) in [6.45, 7) is 2.24. The van der Waals surface area contributed by atoms with Gasteiger partial charge in [0.1, 0.15) is 0 Å². The maximum Gasteiger partial charge on any atom is 0.220 e. The number of likely N-dealkylation sites (tertiary alicyclic amines) is 1. The molecule has 2 N–H and O–H groups in total. The summed E-state index contributed by atoms with van der Waals surface area (Å²) in [5, 5.41) is 12.6. The van der Waals surface area contributed by atoms with Gasteiger partial charge in [-0.05, 0) is 64.6 Å². The lowest BCUT2D eigenvalue weighted by Crippen LogP contribution is -2.40. The number of aliphatic hydroxyl groups is 1. The van der Waals surface area contributed by atoms with E-state index in [9.17, 15) is 9.90 Å². The van der Waals surface area contributed by atoms with Gasteiger partial charge in [-0.1, -0.05) is 0 Å². The largest absolute Gasteiger partial charge is 0.393 e. The summed E-state index contributed by atoms with van der Waals surface area (Å²) in [4.78, 5) is 14.3. The molecule has 0 spiro atoms. The lowest BCUT2D eigenvalue weighted by Gasteiger charge is -2.30. The Morgan fingerprint density at radius 2 is 1.78 bits per heavy atom. The second kappa shape index (κ2) is 6.53. The standard InChI is InChI=1S/C14H26N2O2/c1-16-8-6-11(7-9-16)10-14(18)15-12-2-4-13(17)5-3-12/h11-13,17H,2-10H2,1H3,(H,15,18). The van der Waals surface area contributed by atoms with E-state index in [1.165, 1.54) is 0 Å². The predicted octanol–water partition coefficient (Wildman–Crippen LogP) is 1.14. The number of aliphatic hydroxyl groups excluding tert-OH is 1. The van der Waals surface area contributed by atoms with Crippen molar-refractivity contribution in [3.05, 3.63) is 0 Å². The molecule has 1 aliphatic heterocycles. The SMILES string of the molecule is CN1CCC(CC(=O)NC2CCC(O)CC2)CC1. The summed E-state index contributed by atoms with van der Waals surface area (Å²) in [5.74, 6) is 0.779. The van der Waals surface area contributed by atoms with Crippen LogP contribution < -0.4 is 5.32 Å². The summed E-state index contributed by atoms with van der Waals surface area (Å²) in [7, 11) is 2.14. The molecule has 0 bridgehead atoms. The maximum atomic E-state index is 12.0. The number of piperidine rings is 1. The normalized spacial score (nSPS) is 31.2. The third kappa shape index (κ3) is 4.25. The molecule has 0 radical (unpaired) electrons. The predicted molar refractivity (Wildman–Crippen MR) is 71.2 cm³/mol. The molecule has 4 nitrogen and oxygen atoms in total. The van der Waals surface area contributed by atoms with Crippen LogP contribution in [0.4, 0.5) is 0 Å². The highest BCUT2D eigenvalue weighted by Gasteiger charge is 2.23. The van der Waals surface area contributed by atoms with Gasteiger partial charge < -0.3 is 15.3 Å². The Bertz CT molecular complexity index is 241. The van der Waals surface area contributed by atoms with Crippen LogP contribution in [0.15, 0.2) is 0 Å². The van der Waals surface area contributed by atoms with Gasteiger partial charge in [0.2, 0.25) is 5.91 Å². The van der Waals surface area contributed by atoms with Crippen molar-refractivity contribution >= 4 is 5.91 Å². The van der Waals surface area contributed by atoms with E-state index in [4.69, 9.17) is 0 Å². The Labute approximate surface area is 110 Å². The van der Waals surface area contributed by atoms with E-state index in [-0.39, 0.29) is 12.0 Å². The first-order valence-corrected chi connectivity index (χ1v) is 7.29. The minimum atomic E-state index is -0.146. The molecule has 2 fully saturated rings. The molecule has 0 unspecified atom stereocenters. The lowest BCUT2D eigenvalue weighted by atomic mass is 9.91. The van der Waals surface area contributed by atoms with Crippen molar-refractivity contribution in [3.8, 4) is 0 Å². The number of rotatable bonds is 3. The van der Waals surface area contributed by atoms with E-state index < -0.39 is 0 Å². The molecule has 1 amide bonds. The van der Waals surface area contributed by atoms with Gasteiger partial charge in [0.05, 0.1) is 6.10 Å². The van der Waals surface area contributed by atoms with Crippen molar-refractivity contribution in [1.29, 1.82) is 0 Å². The van der Waals surface area contributed by atoms with E-state index in [0.29, 0.717) is 18.4 Å². The molecule has 0 aromatic carbocycles. The van der Waals surface area contributed by atoms with Gasteiger partial charge in [0, 0.05) is 12.5 Å². The third-order valence-corrected chi connectivity index (χ3v) is 4.37. The minimum absolute atomic E-state index is 0.146. The van der Waals surface area contributed by atoms with Gasteiger partial charge in [-0.15, -0.1) is 0 Å². The molecule has 4 heteroatoms. The van der Waals surface area contributed by atoms with Gasteiger partial charge in [0.15, 0.2) is 0 Å². The molecule has 0 atom stereocenters. The fourth-order valence-corrected chi connectivity index (χ4v) is 3.04. The van der Waals surface area contributed by atoms with E-state index in [1.807, 2.05) is 0 Å². The maximum absolute atomic E-state index is 12.0. The third-order valence-electron chi connectivity index (χ3n) is 4.37. The summed E-state index contributed by atoms with van der Waals surface area (Å²) >= 11 is 0. The Morgan fingerprint density at radius 3 is 2.39 bits per heavy atom. The van der Waals surface area contributed by atoms with Gasteiger partial charge in [-0.2, -0.15) is 0 Å². The number of hydrogen-bond donors (Lipinski definition) is 2. The highest BCUT2D eigenvalue weighted by molar-refractivity contribution is 5.76. The lowest BCUT2D eigenvalue weighted by molar-refractivity contribution is -0.123. The van der Waals surface area contributed by atoms with Crippen LogP contribution in [0.25, 0.3) is 0 Å². The fraction of sp³-hybridized carbons (Fsp3) is 0.929. The summed E-state index contributed by atoms with van der Waals surface area (Å²) in [5.41, 5.74) is 0. The monoisotopic (exact) mass is 254 g/mol. The van der Waals surface area contributed by atoms with E-state index in [1.54, 1.807) is 0 Å². The summed E-state index contributed by atoms with van der Waals surface area (Å²) in [6, 6.07) is 0.298. The molecule has 1 saturated heterocycles. The van der Waals surface area contributed by atoms with Crippen LogP contribution in [0.2, 0.25) is 0 Å². The topological polar surface area (TPSA) is 52.6 Å².